The SMILES string of the molecule is COC(=O)Cc1coc2c(OC)c(OCc3ccc(O)cc3O)ccc12. The summed E-state index contributed by atoms with van der Waals surface area (Å²) in [5.41, 5.74) is 1.66. The number of phenolic OH excluding ortho intramolecular Hbond substituents is 2. The molecule has 0 unspecified atom stereocenters. The number of phenols is 2. The van der Waals surface area contributed by atoms with Gasteiger partial charge in [0.05, 0.1) is 26.9 Å². The normalized spacial score (nSPS) is 10.7. The van der Waals surface area contributed by atoms with E-state index in [0.717, 1.165) is 5.39 Å². The molecule has 0 fully saturated rings. The standard InChI is InChI=1S/C19H18O7/c1-23-17(22)7-12-10-26-18-14(12)5-6-16(19(18)24-2)25-9-11-3-4-13(20)8-15(11)21/h3-6,8,10,20-21H,7,9H2,1-2H3. The number of carbonyl (C=O) groups is 1. The summed E-state index contributed by atoms with van der Waals surface area (Å²) in [4.78, 5) is 11.5. The molecule has 7 nitrogen and oxygen atoms in total. The fourth-order valence-electron chi connectivity index (χ4n) is 2.61. The number of methoxy groups -OCH3 is 2. The van der Waals surface area contributed by atoms with E-state index in [1.54, 1.807) is 18.2 Å². The molecule has 0 saturated carbocycles. The molecular weight excluding hydrogens is 340 g/mol. The molecule has 0 aliphatic carbocycles. The predicted molar refractivity (Wildman–Crippen MR) is 92.6 cm³/mol. The number of rotatable bonds is 6. The van der Waals surface area contributed by atoms with Crippen LogP contribution in [0.5, 0.6) is 23.0 Å². The van der Waals surface area contributed by atoms with Crippen LogP contribution in [0.25, 0.3) is 11.0 Å². The summed E-state index contributed by atoms with van der Waals surface area (Å²) in [6.45, 7) is 0.0731. The molecule has 0 amide bonds. The molecule has 1 heterocycles. The zero-order valence-corrected chi connectivity index (χ0v) is 14.3. The third-order valence-electron chi connectivity index (χ3n) is 3.96. The maximum absolute atomic E-state index is 11.5. The number of aromatic hydroxyl groups is 2. The fourth-order valence-corrected chi connectivity index (χ4v) is 2.61. The van der Waals surface area contributed by atoms with E-state index >= 15 is 0 Å². The molecule has 0 bridgehead atoms. The van der Waals surface area contributed by atoms with E-state index in [4.69, 9.17) is 13.9 Å². The lowest BCUT2D eigenvalue weighted by atomic mass is 10.1. The average Bonchev–Trinajstić information content (AvgIpc) is 3.03. The predicted octanol–water partition coefficient (Wildman–Crippen LogP) is 3.15. The van der Waals surface area contributed by atoms with Crippen LogP contribution in [0.15, 0.2) is 41.0 Å². The Morgan fingerprint density at radius 1 is 1.12 bits per heavy atom. The molecule has 0 aliphatic rings. The van der Waals surface area contributed by atoms with Crippen molar-refractivity contribution in [2.75, 3.05) is 14.2 Å². The summed E-state index contributed by atoms with van der Waals surface area (Å²) >= 11 is 0. The Kier molecular flexibility index (Phi) is 4.88. The van der Waals surface area contributed by atoms with Crippen LogP contribution in [0.2, 0.25) is 0 Å². The number of hydrogen-bond donors (Lipinski definition) is 2. The van der Waals surface area contributed by atoms with E-state index in [-0.39, 0.29) is 30.5 Å². The Balaban J connectivity index is 1.88. The van der Waals surface area contributed by atoms with E-state index in [2.05, 4.69) is 4.74 Å². The zero-order chi connectivity index (χ0) is 18.7. The Hall–Kier alpha value is -3.35. The van der Waals surface area contributed by atoms with Crippen LogP contribution < -0.4 is 9.47 Å². The third-order valence-corrected chi connectivity index (χ3v) is 3.96. The molecule has 7 heteroatoms. The number of carbonyl (C=O) groups excluding carboxylic acids is 1. The second kappa shape index (κ2) is 7.26. The molecule has 136 valence electrons. The summed E-state index contributed by atoms with van der Waals surface area (Å²) in [7, 11) is 2.82. The molecule has 0 atom stereocenters. The zero-order valence-electron chi connectivity index (χ0n) is 14.3. The molecule has 2 N–H and O–H groups in total. The van der Waals surface area contributed by atoms with E-state index in [1.807, 2.05) is 0 Å². The van der Waals surface area contributed by atoms with Gasteiger partial charge in [-0.15, -0.1) is 0 Å². The first kappa shape index (κ1) is 17.5. The number of furan rings is 1. The van der Waals surface area contributed by atoms with Gasteiger partial charge in [-0.2, -0.15) is 0 Å². The highest BCUT2D eigenvalue weighted by Gasteiger charge is 2.18. The molecule has 3 rings (SSSR count). The first-order valence-electron chi connectivity index (χ1n) is 7.81. The van der Waals surface area contributed by atoms with Crippen molar-refractivity contribution in [2.24, 2.45) is 0 Å². The van der Waals surface area contributed by atoms with Gasteiger partial charge < -0.3 is 28.8 Å². The van der Waals surface area contributed by atoms with Crippen LogP contribution in [0.3, 0.4) is 0 Å². The Morgan fingerprint density at radius 2 is 1.92 bits per heavy atom. The quantitative estimate of drug-likeness (QED) is 0.653. The van der Waals surface area contributed by atoms with Crippen LogP contribution in [0.1, 0.15) is 11.1 Å². The van der Waals surface area contributed by atoms with Gasteiger partial charge in [0.25, 0.3) is 0 Å². The maximum atomic E-state index is 11.5. The van der Waals surface area contributed by atoms with Gasteiger partial charge in [0, 0.05) is 22.6 Å². The molecule has 1 aromatic heterocycles. The van der Waals surface area contributed by atoms with Gasteiger partial charge in [0.15, 0.2) is 11.3 Å². The van der Waals surface area contributed by atoms with Crippen molar-refractivity contribution in [2.45, 2.75) is 13.0 Å². The van der Waals surface area contributed by atoms with Crippen molar-refractivity contribution in [3.8, 4) is 23.0 Å². The van der Waals surface area contributed by atoms with Gasteiger partial charge in [-0.1, -0.05) is 0 Å². The van der Waals surface area contributed by atoms with Crippen molar-refractivity contribution < 1.29 is 33.6 Å². The number of esters is 1. The van der Waals surface area contributed by atoms with Crippen molar-refractivity contribution in [3.63, 3.8) is 0 Å². The lowest BCUT2D eigenvalue weighted by Gasteiger charge is -2.12. The molecule has 2 aromatic carbocycles. The van der Waals surface area contributed by atoms with Crippen LogP contribution in [-0.2, 0) is 22.6 Å². The first-order valence-corrected chi connectivity index (χ1v) is 7.81. The Bertz CT molecular complexity index is 942. The van der Waals surface area contributed by atoms with Crippen LogP contribution in [0, 0.1) is 0 Å². The van der Waals surface area contributed by atoms with E-state index in [1.165, 1.54) is 32.6 Å². The van der Waals surface area contributed by atoms with E-state index < -0.39 is 0 Å². The minimum atomic E-state index is -0.366. The Morgan fingerprint density at radius 3 is 2.62 bits per heavy atom. The van der Waals surface area contributed by atoms with Crippen molar-refractivity contribution >= 4 is 16.9 Å². The van der Waals surface area contributed by atoms with Gasteiger partial charge in [-0.05, 0) is 24.3 Å². The van der Waals surface area contributed by atoms with Crippen molar-refractivity contribution in [3.05, 3.63) is 47.7 Å². The van der Waals surface area contributed by atoms with Crippen molar-refractivity contribution in [1.82, 2.24) is 0 Å². The smallest absolute Gasteiger partial charge is 0.310 e. The first-order chi connectivity index (χ1) is 12.5. The van der Waals surface area contributed by atoms with Gasteiger partial charge in [0.1, 0.15) is 18.1 Å². The molecule has 0 saturated heterocycles. The van der Waals surface area contributed by atoms with E-state index in [9.17, 15) is 15.0 Å². The highest BCUT2D eigenvalue weighted by atomic mass is 16.5. The number of benzene rings is 2. The van der Waals surface area contributed by atoms with Crippen LogP contribution in [-0.4, -0.2) is 30.4 Å². The third kappa shape index (κ3) is 3.37. The van der Waals surface area contributed by atoms with Crippen LogP contribution >= 0.6 is 0 Å². The highest BCUT2D eigenvalue weighted by molar-refractivity contribution is 5.91. The topological polar surface area (TPSA) is 98.4 Å². The van der Waals surface area contributed by atoms with E-state index in [0.29, 0.717) is 28.2 Å². The summed E-state index contributed by atoms with van der Waals surface area (Å²) in [6.07, 6.45) is 1.58. The lowest BCUT2D eigenvalue weighted by molar-refractivity contribution is -0.139. The summed E-state index contributed by atoms with van der Waals surface area (Å²) in [6, 6.07) is 7.74. The summed E-state index contributed by atoms with van der Waals surface area (Å²) in [5.74, 6) is 0.348. The summed E-state index contributed by atoms with van der Waals surface area (Å²) in [5, 5.41) is 19.9. The highest BCUT2D eigenvalue weighted by Crippen LogP contribution is 2.38. The fraction of sp³-hybridized carbons (Fsp3) is 0.211. The molecule has 26 heavy (non-hydrogen) atoms. The number of ether oxygens (including phenoxy) is 3. The number of hydrogen-bond acceptors (Lipinski definition) is 7. The van der Waals surface area contributed by atoms with Gasteiger partial charge >= 0.3 is 5.97 Å². The summed E-state index contributed by atoms with van der Waals surface area (Å²) < 4.78 is 21.4. The maximum Gasteiger partial charge on any atom is 0.310 e. The van der Waals surface area contributed by atoms with Gasteiger partial charge in [0.2, 0.25) is 5.75 Å². The Labute approximate surface area is 149 Å². The molecule has 0 spiro atoms. The molecular formula is C19H18O7. The minimum absolute atomic E-state index is 0.0287. The number of fused-ring (bicyclic) bond motifs is 1. The van der Waals surface area contributed by atoms with Gasteiger partial charge in [-0.3, -0.25) is 4.79 Å². The second-order valence-electron chi connectivity index (χ2n) is 5.59. The monoisotopic (exact) mass is 358 g/mol. The van der Waals surface area contributed by atoms with Crippen LogP contribution in [0.4, 0.5) is 0 Å². The molecule has 0 radical (unpaired) electrons. The largest absolute Gasteiger partial charge is 0.508 e. The molecule has 3 aromatic rings. The van der Waals surface area contributed by atoms with Crippen molar-refractivity contribution in [1.29, 1.82) is 0 Å². The second-order valence-corrected chi connectivity index (χ2v) is 5.59. The minimum Gasteiger partial charge on any atom is -0.508 e. The van der Waals surface area contributed by atoms with Gasteiger partial charge in [-0.25, -0.2) is 0 Å². The average molecular weight is 358 g/mol. The molecule has 0 aliphatic heterocycles. The lowest BCUT2D eigenvalue weighted by Crippen LogP contribution is -2.03.